The van der Waals surface area contributed by atoms with Crippen molar-refractivity contribution in [2.24, 2.45) is 0 Å². The molecule has 118 valence electrons. The van der Waals surface area contributed by atoms with E-state index in [2.05, 4.69) is 0 Å². The molecular formula is C15H21ClFNO2S. The summed E-state index contributed by atoms with van der Waals surface area (Å²) in [7, 11) is 0. The van der Waals surface area contributed by atoms with Gasteiger partial charge in [-0.3, -0.25) is 4.90 Å². The maximum atomic E-state index is 13.0. The second kappa shape index (κ2) is 6.84. The zero-order chi connectivity index (χ0) is 15.6. The predicted molar refractivity (Wildman–Crippen MR) is 84.1 cm³/mol. The molecular weight excluding hydrogens is 313 g/mol. The number of hydrogen-bond acceptors (Lipinski definition) is 4. The lowest BCUT2D eigenvalue weighted by molar-refractivity contribution is -0.233. The van der Waals surface area contributed by atoms with E-state index in [1.807, 2.05) is 25.7 Å². The molecule has 1 unspecified atom stereocenters. The van der Waals surface area contributed by atoms with Gasteiger partial charge in [-0.1, -0.05) is 11.6 Å². The largest absolute Gasteiger partial charge is 0.356 e. The van der Waals surface area contributed by atoms with Crippen LogP contribution in [0.25, 0.3) is 0 Å². The minimum Gasteiger partial charge on any atom is -0.356 e. The standard InChI is InChI=1S/C15H21ClFNO2S/c1-15(2,3)20-14(19)18-7-6-11(9-18)21-13-5-4-10(17)8-12(13)16/h4-5,8,11,14,19H,6-7,9H2,1-3H3/t11-,14?/m0/s1. The molecule has 1 aromatic carbocycles. The van der Waals surface area contributed by atoms with Crippen LogP contribution in [0.1, 0.15) is 27.2 Å². The van der Waals surface area contributed by atoms with E-state index in [0.717, 1.165) is 24.4 Å². The monoisotopic (exact) mass is 333 g/mol. The Hall–Kier alpha value is -0.330. The van der Waals surface area contributed by atoms with Gasteiger partial charge in [0.15, 0.2) is 0 Å². The van der Waals surface area contributed by atoms with Crippen molar-refractivity contribution in [3.63, 3.8) is 0 Å². The molecule has 0 amide bonds. The Morgan fingerprint density at radius 2 is 2.19 bits per heavy atom. The van der Waals surface area contributed by atoms with E-state index >= 15 is 0 Å². The first-order valence-electron chi connectivity index (χ1n) is 6.96. The number of likely N-dealkylation sites (tertiary alicyclic amines) is 1. The highest BCUT2D eigenvalue weighted by atomic mass is 35.5. The van der Waals surface area contributed by atoms with Gasteiger partial charge in [0, 0.05) is 23.2 Å². The molecule has 1 saturated heterocycles. The summed E-state index contributed by atoms with van der Waals surface area (Å²) in [4.78, 5) is 2.77. The fourth-order valence-electron chi connectivity index (χ4n) is 2.19. The maximum absolute atomic E-state index is 13.0. The molecule has 0 spiro atoms. The van der Waals surface area contributed by atoms with Gasteiger partial charge in [0.1, 0.15) is 5.82 Å². The van der Waals surface area contributed by atoms with Gasteiger partial charge in [-0.25, -0.2) is 4.39 Å². The second-order valence-corrected chi connectivity index (χ2v) is 7.90. The fraction of sp³-hybridized carbons (Fsp3) is 0.600. The van der Waals surface area contributed by atoms with Crippen LogP contribution in [0.3, 0.4) is 0 Å². The molecule has 6 heteroatoms. The van der Waals surface area contributed by atoms with Crippen LogP contribution in [0.2, 0.25) is 5.02 Å². The first-order chi connectivity index (χ1) is 9.74. The third-order valence-corrected chi connectivity index (χ3v) is 4.89. The van der Waals surface area contributed by atoms with E-state index in [1.165, 1.54) is 12.1 Å². The van der Waals surface area contributed by atoms with E-state index in [9.17, 15) is 9.50 Å². The number of aliphatic hydroxyl groups excluding tert-OH is 1. The molecule has 1 N–H and O–H groups in total. The van der Waals surface area contributed by atoms with Crippen molar-refractivity contribution < 1.29 is 14.2 Å². The summed E-state index contributed by atoms with van der Waals surface area (Å²) in [6, 6.07) is 4.44. The number of nitrogens with zero attached hydrogens (tertiary/aromatic N) is 1. The number of rotatable bonds is 4. The smallest absolute Gasteiger partial charge is 0.216 e. The quantitative estimate of drug-likeness (QED) is 0.851. The van der Waals surface area contributed by atoms with E-state index in [-0.39, 0.29) is 11.4 Å². The lowest BCUT2D eigenvalue weighted by Gasteiger charge is -2.29. The lowest BCUT2D eigenvalue weighted by Crippen LogP contribution is -2.40. The van der Waals surface area contributed by atoms with Crippen LogP contribution < -0.4 is 0 Å². The van der Waals surface area contributed by atoms with E-state index in [4.69, 9.17) is 16.3 Å². The molecule has 0 aliphatic carbocycles. The minimum absolute atomic E-state index is 0.311. The topological polar surface area (TPSA) is 32.7 Å². The van der Waals surface area contributed by atoms with Crippen LogP contribution in [0.15, 0.2) is 23.1 Å². The Balaban J connectivity index is 1.90. The number of aliphatic hydroxyl groups is 1. The molecule has 0 saturated carbocycles. The molecule has 0 bridgehead atoms. The van der Waals surface area contributed by atoms with E-state index < -0.39 is 6.41 Å². The van der Waals surface area contributed by atoms with Gasteiger partial charge >= 0.3 is 0 Å². The normalized spacial score (nSPS) is 21.7. The third kappa shape index (κ3) is 5.11. The molecule has 2 rings (SSSR count). The Morgan fingerprint density at radius 3 is 2.81 bits per heavy atom. The summed E-state index contributed by atoms with van der Waals surface area (Å²) in [6.07, 6.45) is 0.0439. The lowest BCUT2D eigenvalue weighted by atomic mass is 10.2. The zero-order valence-corrected chi connectivity index (χ0v) is 14.0. The van der Waals surface area contributed by atoms with Gasteiger partial charge in [-0.2, -0.15) is 0 Å². The molecule has 2 atom stereocenters. The van der Waals surface area contributed by atoms with Crippen molar-refractivity contribution in [1.82, 2.24) is 4.90 Å². The van der Waals surface area contributed by atoms with Crippen molar-refractivity contribution in [3.05, 3.63) is 29.0 Å². The van der Waals surface area contributed by atoms with Crippen molar-refractivity contribution in [1.29, 1.82) is 0 Å². The van der Waals surface area contributed by atoms with E-state index in [0.29, 0.717) is 10.3 Å². The van der Waals surface area contributed by atoms with Crippen LogP contribution in [0.5, 0.6) is 0 Å². The van der Waals surface area contributed by atoms with Crippen LogP contribution in [0.4, 0.5) is 4.39 Å². The van der Waals surface area contributed by atoms with Crippen LogP contribution in [-0.2, 0) is 4.74 Å². The van der Waals surface area contributed by atoms with Gasteiger partial charge < -0.3 is 9.84 Å². The fourth-order valence-corrected chi connectivity index (χ4v) is 3.66. The first-order valence-corrected chi connectivity index (χ1v) is 8.22. The van der Waals surface area contributed by atoms with Crippen LogP contribution in [-0.4, -0.2) is 40.4 Å². The van der Waals surface area contributed by atoms with Crippen molar-refractivity contribution in [3.8, 4) is 0 Å². The molecule has 1 aliphatic heterocycles. The molecule has 1 aliphatic rings. The predicted octanol–water partition coefficient (Wildman–Crippen LogP) is 3.74. The Labute approximate surface area is 134 Å². The van der Waals surface area contributed by atoms with Crippen molar-refractivity contribution in [2.45, 2.75) is 49.4 Å². The second-order valence-electron chi connectivity index (χ2n) is 6.15. The van der Waals surface area contributed by atoms with Gasteiger partial charge in [0.2, 0.25) is 6.41 Å². The van der Waals surface area contributed by atoms with Crippen molar-refractivity contribution in [2.75, 3.05) is 13.1 Å². The third-order valence-electron chi connectivity index (χ3n) is 3.14. The minimum atomic E-state index is -0.890. The van der Waals surface area contributed by atoms with Gasteiger partial charge in [0.25, 0.3) is 0 Å². The summed E-state index contributed by atoms with van der Waals surface area (Å²) in [5, 5.41) is 10.8. The number of hydrogen-bond donors (Lipinski definition) is 1. The molecule has 21 heavy (non-hydrogen) atoms. The van der Waals surface area contributed by atoms with Crippen LogP contribution in [0, 0.1) is 5.82 Å². The molecule has 1 aromatic rings. The first kappa shape index (κ1) is 17.0. The summed E-state index contributed by atoms with van der Waals surface area (Å²) in [5.41, 5.74) is -0.384. The number of halogens is 2. The maximum Gasteiger partial charge on any atom is 0.216 e. The average molecular weight is 334 g/mol. The molecule has 0 radical (unpaired) electrons. The SMILES string of the molecule is CC(C)(C)OC(O)N1CC[C@H](Sc2ccc(F)cc2Cl)C1. The van der Waals surface area contributed by atoms with Crippen LogP contribution >= 0.6 is 23.4 Å². The van der Waals surface area contributed by atoms with Gasteiger partial charge in [-0.15, -0.1) is 11.8 Å². The van der Waals surface area contributed by atoms with E-state index in [1.54, 1.807) is 17.8 Å². The summed E-state index contributed by atoms with van der Waals surface area (Å²) in [5.74, 6) is -0.327. The molecule has 1 fully saturated rings. The Morgan fingerprint density at radius 1 is 1.48 bits per heavy atom. The number of ether oxygens (including phenoxy) is 1. The summed E-state index contributed by atoms with van der Waals surface area (Å²) in [6.45, 7) is 7.23. The Bertz CT molecular complexity index is 495. The molecule has 0 aromatic heterocycles. The average Bonchev–Trinajstić information content (AvgIpc) is 2.79. The van der Waals surface area contributed by atoms with Gasteiger partial charge in [0.05, 0.1) is 10.6 Å². The number of thioether (sulfide) groups is 1. The Kier molecular flexibility index (Phi) is 5.54. The highest BCUT2D eigenvalue weighted by molar-refractivity contribution is 8.00. The summed E-state index contributed by atoms with van der Waals surface area (Å²) < 4.78 is 18.6. The highest BCUT2D eigenvalue weighted by Crippen LogP contribution is 2.35. The highest BCUT2D eigenvalue weighted by Gasteiger charge is 2.30. The van der Waals surface area contributed by atoms with Gasteiger partial charge in [-0.05, 0) is 45.4 Å². The zero-order valence-electron chi connectivity index (χ0n) is 12.5. The number of benzene rings is 1. The van der Waals surface area contributed by atoms with Crippen molar-refractivity contribution >= 4 is 23.4 Å². The molecule has 3 nitrogen and oxygen atoms in total. The summed E-state index contributed by atoms with van der Waals surface area (Å²) >= 11 is 7.66. The molecule has 1 heterocycles.